The molecule has 0 aromatic heterocycles. The molecule has 0 radical (unpaired) electrons. The molecule has 0 saturated carbocycles. The zero-order valence-electron chi connectivity index (χ0n) is 16.6. The molecule has 0 N–H and O–H groups in total. The lowest BCUT2D eigenvalue weighted by Crippen LogP contribution is -2.18. The molecular weight excluding hydrogens is 364 g/mol. The quantitative estimate of drug-likeness (QED) is 0.120. The van der Waals surface area contributed by atoms with Crippen molar-refractivity contribution in [1.29, 1.82) is 0 Å². The number of hydrogen-bond acceptors (Lipinski definition) is 7. The van der Waals surface area contributed by atoms with Gasteiger partial charge in [-0.15, -0.1) is 0 Å². The standard InChI is InChI=1S/C21H24O7/c1-15(7-6-8-16(2)13-22)9-10-21(28-19(5)25)20(14-27-18(4)24)11-12-26-17(3)23/h8-9,11-14,21H,10H2,1-5H3/b12-11+,15-9-,16-8+,20-14+. The van der Waals surface area contributed by atoms with Gasteiger partial charge in [0.15, 0.2) is 0 Å². The molecular formula is C21H24O7. The van der Waals surface area contributed by atoms with Crippen LogP contribution in [0.2, 0.25) is 0 Å². The smallest absolute Gasteiger partial charge is 0.307 e. The normalized spacial score (nSPS) is 13.2. The highest BCUT2D eigenvalue weighted by atomic mass is 16.5. The summed E-state index contributed by atoms with van der Waals surface area (Å²) in [6, 6.07) is 0. The summed E-state index contributed by atoms with van der Waals surface area (Å²) in [5.41, 5.74) is 1.49. The molecule has 0 amide bonds. The van der Waals surface area contributed by atoms with Crippen LogP contribution in [0.5, 0.6) is 0 Å². The molecule has 0 aliphatic rings. The van der Waals surface area contributed by atoms with E-state index < -0.39 is 24.0 Å². The minimum atomic E-state index is -0.798. The van der Waals surface area contributed by atoms with Gasteiger partial charge >= 0.3 is 17.9 Å². The van der Waals surface area contributed by atoms with E-state index in [-0.39, 0.29) is 6.42 Å². The fourth-order valence-electron chi connectivity index (χ4n) is 1.67. The third-order valence-corrected chi connectivity index (χ3v) is 2.93. The molecule has 1 atom stereocenters. The molecule has 0 aromatic carbocycles. The first-order valence-corrected chi connectivity index (χ1v) is 8.34. The lowest BCUT2D eigenvalue weighted by molar-refractivity contribution is -0.144. The molecule has 0 rings (SSSR count). The number of carbonyl (C=O) groups is 4. The molecule has 0 fully saturated rings. The maximum atomic E-state index is 11.4. The number of esters is 3. The third-order valence-electron chi connectivity index (χ3n) is 2.93. The highest BCUT2D eigenvalue weighted by Gasteiger charge is 2.16. The Balaban J connectivity index is 5.57. The summed E-state index contributed by atoms with van der Waals surface area (Å²) in [7, 11) is 0. The lowest BCUT2D eigenvalue weighted by Gasteiger charge is -2.16. The molecule has 0 bridgehead atoms. The zero-order chi connectivity index (χ0) is 21.5. The van der Waals surface area contributed by atoms with E-state index >= 15 is 0 Å². The minimum Gasteiger partial charge on any atom is -0.457 e. The van der Waals surface area contributed by atoms with Crippen LogP contribution in [0.1, 0.15) is 41.0 Å². The van der Waals surface area contributed by atoms with Crippen LogP contribution < -0.4 is 0 Å². The first-order valence-electron chi connectivity index (χ1n) is 8.34. The average Bonchev–Trinajstić information content (AvgIpc) is 2.60. The molecule has 28 heavy (non-hydrogen) atoms. The topological polar surface area (TPSA) is 96.0 Å². The monoisotopic (exact) mass is 388 g/mol. The van der Waals surface area contributed by atoms with Crippen LogP contribution in [-0.2, 0) is 33.4 Å². The molecule has 150 valence electrons. The number of allylic oxidation sites excluding steroid dienone is 3. The van der Waals surface area contributed by atoms with Gasteiger partial charge < -0.3 is 14.2 Å². The van der Waals surface area contributed by atoms with Gasteiger partial charge in [0.05, 0.1) is 6.26 Å². The van der Waals surface area contributed by atoms with Crippen molar-refractivity contribution in [1.82, 2.24) is 0 Å². The number of hydrogen-bond donors (Lipinski definition) is 0. The average molecular weight is 388 g/mol. The van der Waals surface area contributed by atoms with Gasteiger partial charge in [0.1, 0.15) is 18.7 Å². The van der Waals surface area contributed by atoms with E-state index in [0.717, 1.165) is 12.5 Å². The Bertz CT molecular complexity index is 770. The van der Waals surface area contributed by atoms with Crippen LogP contribution >= 0.6 is 0 Å². The Morgan fingerprint density at radius 1 is 0.964 bits per heavy atom. The third kappa shape index (κ3) is 12.9. The maximum Gasteiger partial charge on any atom is 0.307 e. The predicted octanol–water partition coefficient (Wildman–Crippen LogP) is 2.93. The first kappa shape index (κ1) is 24.6. The van der Waals surface area contributed by atoms with Crippen LogP contribution in [0.3, 0.4) is 0 Å². The summed E-state index contributed by atoms with van der Waals surface area (Å²) in [4.78, 5) is 44.0. The summed E-state index contributed by atoms with van der Waals surface area (Å²) in [6.45, 7) is 7.09. The second-order valence-electron chi connectivity index (χ2n) is 5.64. The van der Waals surface area contributed by atoms with Gasteiger partial charge in [-0.2, -0.15) is 0 Å². The Kier molecular flexibility index (Phi) is 12.1. The second kappa shape index (κ2) is 13.8. The van der Waals surface area contributed by atoms with E-state index in [1.54, 1.807) is 19.9 Å². The second-order valence-corrected chi connectivity index (χ2v) is 5.64. The van der Waals surface area contributed by atoms with Crippen molar-refractivity contribution >= 4 is 24.2 Å². The molecule has 0 aliphatic heterocycles. The maximum absolute atomic E-state index is 11.4. The fraction of sp³-hybridized carbons (Fsp3) is 0.333. The number of carbonyl (C=O) groups excluding carboxylic acids is 4. The fourth-order valence-corrected chi connectivity index (χ4v) is 1.67. The number of aldehydes is 1. The highest BCUT2D eigenvalue weighted by Crippen LogP contribution is 2.16. The Labute approximate surface area is 164 Å². The Morgan fingerprint density at radius 3 is 2.14 bits per heavy atom. The van der Waals surface area contributed by atoms with Crippen LogP contribution in [-0.4, -0.2) is 30.3 Å². The van der Waals surface area contributed by atoms with Crippen molar-refractivity contribution in [2.24, 2.45) is 0 Å². The van der Waals surface area contributed by atoms with Crippen molar-refractivity contribution in [3.8, 4) is 11.8 Å². The van der Waals surface area contributed by atoms with Gasteiger partial charge in [-0.1, -0.05) is 17.9 Å². The molecule has 7 nitrogen and oxygen atoms in total. The van der Waals surface area contributed by atoms with Crippen molar-refractivity contribution < 1.29 is 33.4 Å². The summed E-state index contributed by atoms with van der Waals surface area (Å²) in [5, 5.41) is 0. The van der Waals surface area contributed by atoms with Crippen LogP contribution in [0.15, 0.2) is 47.5 Å². The molecule has 0 aliphatic carbocycles. The van der Waals surface area contributed by atoms with Crippen LogP contribution in [0.25, 0.3) is 0 Å². The van der Waals surface area contributed by atoms with Crippen molar-refractivity contribution in [2.75, 3.05) is 0 Å². The number of rotatable bonds is 8. The molecule has 0 spiro atoms. The molecule has 0 aromatic rings. The van der Waals surface area contributed by atoms with Crippen LogP contribution in [0.4, 0.5) is 0 Å². The van der Waals surface area contributed by atoms with Gasteiger partial charge in [0.25, 0.3) is 0 Å². The van der Waals surface area contributed by atoms with Crippen molar-refractivity contribution in [3.63, 3.8) is 0 Å². The van der Waals surface area contributed by atoms with Crippen molar-refractivity contribution in [2.45, 2.75) is 47.1 Å². The van der Waals surface area contributed by atoms with Gasteiger partial charge in [-0.3, -0.25) is 19.2 Å². The van der Waals surface area contributed by atoms with Gasteiger partial charge in [0.2, 0.25) is 0 Å². The number of ether oxygens (including phenoxy) is 3. The van der Waals surface area contributed by atoms with E-state index in [1.165, 1.54) is 32.9 Å². The van der Waals surface area contributed by atoms with E-state index in [2.05, 4.69) is 11.8 Å². The first-order chi connectivity index (χ1) is 13.1. The summed E-state index contributed by atoms with van der Waals surface area (Å²) in [5.74, 6) is 3.96. The summed E-state index contributed by atoms with van der Waals surface area (Å²) >= 11 is 0. The Hall–Kier alpha value is -3.40. The molecule has 0 heterocycles. The predicted molar refractivity (Wildman–Crippen MR) is 102 cm³/mol. The molecule has 0 saturated heterocycles. The van der Waals surface area contributed by atoms with Crippen LogP contribution in [0, 0.1) is 11.8 Å². The van der Waals surface area contributed by atoms with Gasteiger partial charge in [-0.25, -0.2) is 0 Å². The summed E-state index contributed by atoms with van der Waals surface area (Å²) < 4.78 is 14.9. The largest absolute Gasteiger partial charge is 0.457 e. The SMILES string of the molecule is CC(=O)O/C=C/C(=C\OC(C)=O)C(C/C=C(/C)C#C/C=C(\C)C=O)OC(C)=O. The lowest BCUT2D eigenvalue weighted by atomic mass is 10.1. The molecule has 7 heteroatoms. The molecule has 1 unspecified atom stereocenters. The van der Waals surface area contributed by atoms with Gasteiger partial charge in [0, 0.05) is 32.8 Å². The highest BCUT2D eigenvalue weighted by molar-refractivity contribution is 5.73. The zero-order valence-corrected chi connectivity index (χ0v) is 16.6. The van der Waals surface area contributed by atoms with E-state index in [0.29, 0.717) is 23.0 Å². The minimum absolute atomic E-state index is 0.230. The summed E-state index contributed by atoms with van der Waals surface area (Å²) in [6.07, 6.45) is 6.95. The van der Waals surface area contributed by atoms with E-state index in [1.807, 2.05) is 0 Å². The van der Waals surface area contributed by atoms with E-state index in [9.17, 15) is 19.2 Å². The Morgan fingerprint density at radius 2 is 1.61 bits per heavy atom. The van der Waals surface area contributed by atoms with Gasteiger partial charge in [-0.05, 0) is 37.1 Å². The van der Waals surface area contributed by atoms with Crippen molar-refractivity contribution in [3.05, 3.63) is 47.5 Å². The van der Waals surface area contributed by atoms with E-state index in [4.69, 9.17) is 14.2 Å².